The van der Waals surface area contributed by atoms with E-state index in [1.54, 1.807) is 0 Å². The van der Waals surface area contributed by atoms with Gasteiger partial charge in [-0.05, 0) is 56.1 Å². The quantitative estimate of drug-likeness (QED) is 0.280. The Labute approximate surface area is 210 Å². The second kappa shape index (κ2) is 9.36. The van der Waals surface area contributed by atoms with Crippen molar-refractivity contribution in [1.82, 2.24) is 0 Å². The first-order valence-corrected chi connectivity index (χ1v) is 12.6. The van der Waals surface area contributed by atoms with Crippen LogP contribution in [-0.4, -0.2) is 83.8 Å². The summed E-state index contributed by atoms with van der Waals surface area (Å²) >= 11 is 0. The topological polar surface area (TPSA) is 180 Å². The summed E-state index contributed by atoms with van der Waals surface area (Å²) in [7, 11) is 0. The van der Waals surface area contributed by atoms with Crippen LogP contribution >= 0.6 is 0 Å². The van der Waals surface area contributed by atoms with Crippen molar-refractivity contribution in [1.29, 1.82) is 0 Å². The van der Waals surface area contributed by atoms with E-state index < -0.39 is 60.4 Å². The maximum atomic E-state index is 11.7. The van der Waals surface area contributed by atoms with E-state index in [0.29, 0.717) is 12.0 Å². The largest absolute Gasteiger partial charge is 0.504 e. The molecule has 2 aliphatic carbocycles. The zero-order chi connectivity index (χ0) is 26.8. The van der Waals surface area contributed by atoms with E-state index in [9.17, 15) is 40.9 Å². The van der Waals surface area contributed by atoms with E-state index in [-0.39, 0.29) is 41.1 Å². The third-order valence-corrected chi connectivity index (χ3v) is 8.46. The van der Waals surface area contributed by atoms with Crippen LogP contribution in [0.3, 0.4) is 0 Å². The van der Waals surface area contributed by atoms with E-state index in [0.717, 1.165) is 12.8 Å². The highest BCUT2D eigenvalue weighted by molar-refractivity contribution is 5.58. The number of phenolic OH excluding ortho intramolecular Hbond substituents is 1. The van der Waals surface area contributed by atoms with Gasteiger partial charge in [-0.2, -0.15) is 0 Å². The summed E-state index contributed by atoms with van der Waals surface area (Å²) in [6.07, 6.45) is -6.30. The first-order chi connectivity index (χ1) is 16.6. The highest BCUT2D eigenvalue weighted by Gasteiger charge is 2.52. The Bertz CT molecular complexity index is 970. The molecule has 204 valence electrons. The molecule has 3 aliphatic rings. The van der Waals surface area contributed by atoms with Crippen LogP contribution in [0.15, 0.2) is 6.07 Å². The summed E-state index contributed by atoms with van der Waals surface area (Å²) in [6.45, 7) is 6.41. The van der Waals surface area contributed by atoms with Crippen molar-refractivity contribution in [2.75, 3.05) is 6.61 Å². The lowest BCUT2D eigenvalue weighted by atomic mass is 9.59. The second-order valence-electron chi connectivity index (χ2n) is 12.0. The molecular weight excluding hydrogens is 472 g/mol. The minimum Gasteiger partial charge on any atom is -0.504 e. The number of rotatable bonds is 4. The molecule has 0 spiro atoms. The summed E-state index contributed by atoms with van der Waals surface area (Å²) < 4.78 is 11.3. The van der Waals surface area contributed by atoms with Crippen LogP contribution in [0.1, 0.15) is 76.2 Å². The molecule has 0 amide bonds. The highest BCUT2D eigenvalue weighted by atomic mass is 16.7. The number of phenols is 1. The van der Waals surface area contributed by atoms with Crippen molar-refractivity contribution in [3.8, 4) is 11.5 Å². The molecule has 2 fully saturated rings. The van der Waals surface area contributed by atoms with Crippen molar-refractivity contribution in [2.45, 2.75) is 108 Å². The minimum atomic E-state index is -1.73. The first kappa shape index (κ1) is 27.5. The third kappa shape index (κ3) is 4.63. The zero-order valence-corrected chi connectivity index (χ0v) is 21.3. The molecule has 10 heteroatoms. The van der Waals surface area contributed by atoms with Gasteiger partial charge in [0.1, 0.15) is 24.4 Å². The molecule has 1 saturated carbocycles. The fraction of sp³-hybridized carbons (Fsp3) is 0.769. The Morgan fingerprint density at radius 3 is 2.36 bits per heavy atom. The Morgan fingerprint density at radius 2 is 1.75 bits per heavy atom. The van der Waals surface area contributed by atoms with Gasteiger partial charge in [-0.25, -0.2) is 0 Å². The number of fused-ring (bicyclic) bond motifs is 2. The lowest BCUT2D eigenvalue weighted by Crippen LogP contribution is -2.60. The maximum absolute atomic E-state index is 11.7. The number of benzene rings is 1. The van der Waals surface area contributed by atoms with Gasteiger partial charge in [0.2, 0.25) is 6.29 Å². The van der Waals surface area contributed by atoms with E-state index in [1.807, 2.05) is 0 Å². The number of ether oxygens (including phenoxy) is 2. The van der Waals surface area contributed by atoms with Crippen LogP contribution in [0.5, 0.6) is 11.5 Å². The molecule has 1 aromatic rings. The molecule has 10 nitrogen and oxygen atoms in total. The van der Waals surface area contributed by atoms with Gasteiger partial charge in [0.15, 0.2) is 11.5 Å². The lowest BCUT2D eigenvalue weighted by Gasteiger charge is -2.49. The summed E-state index contributed by atoms with van der Waals surface area (Å²) in [5.74, 6) is -0.894. The number of hydrogen-bond acceptors (Lipinski definition) is 10. The van der Waals surface area contributed by atoms with Crippen LogP contribution in [0.4, 0.5) is 0 Å². The molecule has 1 aromatic carbocycles. The SMILES string of the molecule is CC(C)(O)c1cc2c(c(O)c1O[C@@H]1O[C@H](CO)[C@@H](O)[C@H](O)[C@H]1O)C[C@@]1(O)CCCC(C)(C)[C@@H]1C[C@@H]2O. The summed E-state index contributed by atoms with van der Waals surface area (Å²) in [4.78, 5) is 0. The highest BCUT2D eigenvalue weighted by Crippen LogP contribution is 2.56. The van der Waals surface area contributed by atoms with Gasteiger partial charge in [-0.3, -0.25) is 0 Å². The van der Waals surface area contributed by atoms with Crippen LogP contribution in [-0.2, 0) is 16.8 Å². The zero-order valence-electron chi connectivity index (χ0n) is 21.3. The number of aliphatic hydroxyl groups is 7. The average Bonchev–Trinajstić information content (AvgIpc) is 2.89. The van der Waals surface area contributed by atoms with Crippen molar-refractivity contribution in [3.05, 3.63) is 22.8 Å². The van der Waals surface area contributed by atoms with Gasteiger partial charge in [-0.1, -0.05) is 20.3 Å². The second-order valence-corrected chi connectivity index (χ2v) is 12.0. The molecule has 8 atom stereocenters. The summed E-state index contributed by atoms with van der Waals surface area (Å²) in [5, 5.41) is 85.6. The fourth-order valence-corrected chi connectivity index (χ4v) is 6.38. The molecule has 8 N–H and O–H groups in total. The smallest absolute Gasteiger partial charge is 0.229 e. The molecule has 0 bridgehead atoms. The van der Waals surface area contributed by atoms with Gasteiger partial charge >= 0.3 is 0 Å². The molecule has 4 rings (SSSR count). The predicted octanol–water partition coefficient (Wildman–Crippen LogP) is 0.335. The van der Waals surface area contributed by atoms with Crippen molar-refractivity contribution in [2.24, 2.45) is 11.3 Å². The minimum absolute atomic E-state index is 0.0521. The molecular formula is C26H40O10. The normalized spacial score (nSPS) is 38.6. The molecule has 0 radical (unpaired) electrons. The molecule has 0 aromatic heterocycles. The van der Waals surface area contributed by atoms with Crippen molar-refractivity contribution in [3.63, 3.8) is 0 Å². The first-order valence-electron chi connectivity index (χ1n) is 12.6. The number of hydrogen-bond donors (Lipinski definition) is 8. The maximum Gasteiger partial charge on any atom is 0.229 e. The monoisotopic (exact) mass is 512 g/mol. The molecule has 1 saturated heterocycles. The predicted molar refractivity (Wildman–Crippen MR) is 127 cm³/mol. The summed E-state index contributed by atoms with van der Waals surface area (Å²) in [6, 6.07) is 1.53. The Hall–Kier alpha value is -1.50. The van der Waals surface area contributed by atoms with Gasteiger partial charge in [0, 0.05) is 17.5 Å². The van der Waals surface area contributed by atoms with E-state index in [4.69, 9.17) is 9.47 Å². The average molecular weight is 513 g/mol. The Morgan fingerprint density at radius 1 is 1.08 bits per heavy atom. The lowest BCUT2D eigenvalue weighted by molar-refractivity contribution is -0.278. The fourth-order valence-electron chi connectivity index (χ4n) is 6.38. The molecule has 36 heavy (non-hydrogen) atoms. The summed E-state index contributed by atoms with van der Waals surface area (Å²) in [5.41, 5.74) is -2.22. The van der Waals surface area contributed by atoms with Gasteiger partial charge in [0.25, 0.3) is 0 Å². The van der Waals surface area contributed by atoms with Crippen molar-refractivity contribution < 1.29 is 50.3 Å². The van der Waals surface area contributed by atoms with Gasteiger partial charge < -0.3 is 50.3 Å². The molecule has 0 unspecified atom stereocenters. The van der Waals surface area contributed by atoms with E-state index in [2.05, 4.69) is 13.8 Å². The van der Waals surface area contributed by atoms with Crippen LogP contribution in [0, 0.1) is 11.3 Å². The van der Waals surface area contributed by atoms with Crippen molar-refractivity contribution >= 4 is 0 Å². The van der Waals surface area contributed by atoms with E-state index in [1.165, 1.54) is 19.9 Å². The number of aliphatic hydroxyl groups excluding tert-OH is 5. The third-order valence-electron chi connectivity index (χ3n) is 8.46. The molecule has 1 aliphatic heterocycles. The Kier molecular flexibility index (Phi) is 7.15. The van der Waals surface area contributed by atoms with Crippen LogP contribution in [0.25, 0.3) is 0 Å². The molecule has 1 heterocycles. The Balaban J connectivity index is 1.81. The standard InChI is InChI=1S/C26H40O10/c1-24(2)6-5-7-26(34)10-13-12(15(28)9-17(24)26)8-14(25(3,4)33)22(18(13)29)36-23-21(32)20(31)19(30)16(11-27)35-23/h8,15-17,19-21,23,27-34H,5-7,9-11H2,1-4H3/t15-,16+,17-,19+,20-,21+,23-,26-/m0/s1. The van der Waals surface area contributed by atoms with Crippen LogP contribution < -0.4 is 4.74 Å². The van der Waals surface area contributed by atoms with Gasteiger partial charge in [-0.15, -0.1) is 0 Å². The van der Waals surface area contributed by atoms with Crippen LogP contribution in [0.2, 0.25) is 0 Å². The van der Waals surface area contributed by atoms with E-state index >= 15 is 0 Å². The van der Waals surface area contributed by atoms with Gasteiger partial charge in [0.05, 0.1) is 23.9 Å². The number of aromatic hydroxyl groups is 1.